The van der Waals surface area contributed by atoms with Crippen LogP contribution in [0.5, 0.6) is 11.6 Å². The van der Waals surface area contributed by atoms with E-state index in [9.17, 15) is 27.6 Å². The van der Waals surface area contributed by atoms with Gasteiger partial charge in [-0.05, 0) is 70.1 Å². The van der Waals surface area contributed by atoms with E-state index < -0.39 is 35.9 Å². The van der Waals surface area contributed by atoms with Crippen molar-refractivity contribution in [1.29, 1.82) is 0 Å². The molecule has 1 aromatic heterocycles. The molecule has 0 saturated heterocycles. The average Bonchev–Trinajstić information content (AvgIpc) is 2.99. The second kappa shape index (κ2) is 21.4. The molecular weight excluding hydrogens is 579 g/mol. The fraction of sp³-hybridized carbons (Fsp3) is 0.688. The molecule has 0 radical (unpaired) electrons. The van der Waals surface area contributed by atoms with Gasteiger partial charge in [0.05, 0.1) is 13.2 Å². The molecule has 1 unspecified atom stereocenters. The van der Waals surface area contributed by atoms with Gasteiger partial charge >= 0.3 is 23.4 Å². The van der Waals surface area contributed by atoms with Crippen molar-refractivity contribution in [2.45, 2.75) is 131 Å². The lowest BCUT2D eigenvalue weighted by atomic mass is 10.1. The predicted molar refractivity (Wildman–Crippen MR) is 164 cm³/mol. The van der Waals surface area contributed by atoms with Crippen LogP contribution in [0.2, 0.25) is 0 Å². The van der Waals surface area contributed by atoms with Crippen LogP contribution in [0.4, 0.5) is 13.2 Å². The second-order valence-electron chi connectivity index (χ2n) is 10.2. The number of carbonyl (C=O) groups excluding carboxylic acids is 1. The van der Waals surface area contributed by atoms with Crippen molar-refractivity contribution in [3.05, 3.63) is 50.7 Å². The summed E-state index contributed by atoms with van der Waals surface area (Å²) in [5.41, 5.74) is -0.330. The Morgan fingerprint density at radius 3 is 2.34 bits per heavy atom. The van der Waals surface area contributed by atoms with Gasteiger partial charge < -0.3 is 14.2 Å². The van der Waals surface area contributed by atoms with Crippen molar-refractivity contribution in [2.24, 2.45) is 0 Å². The number of unbranched alkanes of at least 4 members (excludes halogenated alkanes) is 6. The summed E-state index contributed by atoms with van der Waals surface area (Å²) in [5.74, 6) is -0.113. The first kappa shape index (κ1) is 38.7. The third-order valence-electron chi connectivity index (χ3n) is 6.59. The van der Waals surface area contributed by atoms with Crippen molar-refractivity contribution < 1.29 is 32.2 Å². The van der Waals surface area contributed by atoms with Gasteiger partial charge in [-0.1, -0.05) is 58.6 Å². The molecule has 2 rings (SSSR count). The fourth-order valence-electron chi connectivity index (χ4n) is 4.34. The summed E-state index contributed by atoms with van der Waals surface area (Å²) in [7, 11) is 0. The molecule has 0 N–H and O–H groups in total. The maximum Gasteiger partial charge on any atom is 0.389 e. The number of carbonyl (C=O) groups is 1. The fourth-order valence-corrected chi connectivity index (χ4v) is 4.34. The highest BCUT2D eigenvalue weighted by molar-refractivity contribution is 5.74. The van der Waals surface area contributed by atoms with E-state index in [1.807, 2.05) is 32.0 Å². The maximum absolute atomic E-state index is 12.9. The number of aryl methyl sites for hydroxylation is 2. The van der Waals surface area contributed by atoms with Crippen LogP contribution in [0.3, 0.4) is 0 Å². The van der Waals surface area contributed by atoms with E-state index in [0.29, 0.717) is 18.6 Å². The standard InChI is InChI=1S/C30H44F3N3O6.C2H6/c1-4-6-7-8-11-19-35-27(37)26(34-36(29(35)39)20-14-18-30(31,32)33)41-21-12-9-10-15-24-16-13-17-25(22-24)42-23(3)28(38)40-5-2;1-2/h13,16-17,22-23H,4-12,14-15,18-21H2,1-3H3;1-2H3. The first-order valence-corrected chi connectivity index (χ1v) is 15.9. The van der Waals surface area contributed by atoms with Crippen LogP contribution in [0.1, 0.15) is 104 Å². The number of rotatable bonds is 20. The molecule has 250 valence electrons. The summed E-state index contributed by atoms with van der Waals surface area (Å²) in [4.78, 5) is 37.5. The van der Waals surface area contributed by atoms with Crippen molar-refractivity contribution in [1.82, 2.24) is 14.3 Å². The molecule has 0 aliphatic rings. The minimum atomic E-state index is -4.34. The molecule has 0 fully saturated rings. The van der Waals surface area contributed by atoms with E-state index in [2.05, 4.69) is 12.0 Å². The van der Waals surface area contributed by atoms with Crippen LogP contribution in [0.15, 0.2) is 33.9 Å². The quantitative estimate of drug-likeness (QED) is 0.116. The van der Waals surface area contributed by atoms with E-state index >= 15 is 0 Å². The number of esters is 1. The van der Waals surface area contributed by atoms with Gasteiger partial charge in [0.2, 0.25) is 0 Å². The van der Waals surface area contributed by atoms with Gasteiger partial charge in [-0.15, -0.1) is 5.10 Å². The topological polar surface area (TPSA) is 102 Å². The largest absolute Gasteiger partial charge is 0.479 e. The molecule has 44 heavy (non-hydrogen) atoms. The minimum Gasteiger partial charge on any atom is -0.479 e. The predicted octanol–water partition coefficient (Wildman–Crippen LogP) is 6.87. The van der Waals surface area contributed by atoms with Gasteiger partial charge in [-0.2, -0.15) is 13.2 Å². The number of hydrogen-bond acceptors (Lipinski definition) is 7. The molecule has 0 spiro atoms. The zero-order valence-corrected chi connectivity index (χ0v) is 26.9. The van der Waals surface area contributed by atoms with E-state index in [1.54, 1.807) is 19.9 Å². The van der Waals surface area contributed by atoms with Crippen molar-refractivity contribution in [3.8, 4) is 11.6 Å². The molecule has 12 heteroatoms. The zero-order valence-electron chi connectivity index (χ0n) is 26.9. The highest BCUT2D eigenvalue weighted by Gasteiger charge is 2.26. The third-order valence-corrected chi connectivity index (χ3v) is 6.59. The molecule has 0 aliphatic carbocycles. The molecule has 2 aromatic rings. The Morgan fingerprint density at radius 1 is 0.955 bits per heavy atom. The normalized spacial score (nSPS) is 11.8. The second-order valence-corrected chi connectivity index (χ2v) is 10.2. The summed E-state index contributed by atoms with van der Waals surface area (Å²) < 4.78 is 56.1. The number of halogens is 3. The van der Waals surface area contributed by atoms with Crippen LogP contribution < -0.4 is 20.7 Å². The first-order valence-electron chi connectivity index (χ1n) is 15.9. The number of hydrogen-bond donors (Lipinski definition) is 0. The number of alkyl halides is 3. The Kier molecular flexibility index (Phi) is 18.8. The third kappa shape index (κ3) is 14.9. The van der Waals surface area contributed by atoms with Gasteiger partial charge in [0.15, 0.2) is 6.10 Å². The van der Waals surface area contributed by atoms with Crippen molar-refractivity contribution >= 4 is 5.97 Å². The Balaban J connectivity index is 0.00000474. The number of ether oxygens (including phenoxy) is 3. The first-order chi connectivity index (χ1) is 21.1. The smallest absolute Gasteiger partial charge is 0.389 e. The van der Waals surface area contributed by atoms with Gasteiger partial charge in [0, 0.05) is 19.5 Å². The lowest BCUT2D eigenvalue weighted by molar-refractivity contribution is -0.150. The van der Waals surface area contributed by atoms with Crippen LogP contribution in [-0.4, -0.2) is 45.8 Å². The van der Waals surface area contributed by atoms with E-state index in [4.69, 9.17) is 14.2 Å². The number of aromatic nitrogens is 3. The zero-order chi connectivity index (χ0) is 33.0. The summed E-state index contributed by atoms with van der Waals surface area (Å²) in [6.07, 6.45) is 1.08. The molecule has 1 aromatic carbocycles. The molecule has 0 bridgehead atoms. The summed E-state index contributed by atoms with van der Waals surface area (Å²) >= 11 is 0. The number of benzene rings is 1. The average molecular weight is 630 g/mol. The molecule has 0 saturated carbocycles. The monoisotopic (exact) mass is 629 g/mol. The Bertz CT molecular complexity index is 1210. The minimum absolute atomic E-state index is 0.168. The van der Waals surface area contributed by atoms with Gasteiger partial charge in [0.1, 0.15) is 5.75 Å². The molecule has 1 heterocycles. The molecule has 0 amide bonds. The van der Waals surface area contributed by atoms with Crippen LogP contribution in [-0.2, 0) is 29.0 Å². The van der Waals surface area contributed by atoms with Crippen LogP contribution >= 0.6 is 0 Å². The number of nitrogens with zero attached hydrogens (tertiary/aromatic N) is 3. The molecular formula is C32H50F3N3O6. The van der Waals surface area contributed by atoms with Crippen molar-refractivity contribution in [3.63, 3.8) is 0 Å². The lowest BCUT2D eigenvalue weighted by Gasteiger charge is -2.14. The van der Waals surface area contributed by atoms with Gasteiger partial charge in [-0.25, -0.2) is 14.3 Å². The Labute approximate surface area is 258 Å². The molecule has 9 nitrogen and oxygen atoms in total. The summed E-state index contributed by atoms with van der Waals surface area (Å²) in [6, 6.07) is 7.48. The lowest BCUT2D eigenvalue weighted by Crippen LogP contribution is -2.42. The Morgan fingerprint density at radius 2 is 1.66 bits per heavy atom. The summed E-state index contributed by atoms with van der Waals surface area (Å²) in [6.45, 7) is 9.83. The van der Waals surface area contributed by atoms with E-state index in [-0.39, 0.29) is 38.6 Å². The van der Waals surface area contributed by atoms with Crippen molar-refractivity contribution in [2.75, 3.05) is 13.2 Å². The van der Waals surface area contributed by atoms with Crippen LogP contribution in [0, 0.1) is 0 Å². The SMILES string of the molecule is CC.CCCCCCCn1c(=O)c(OCCCCCc2cccc(OC(C)C(=O)OCC)c2)nn(CCCC(F)(F)F)c1=O. The van der Waals surface area contributed by atoms with Crippen LogP contribution in [0.25, 0.3) is 0 Å². The maximum atomic E-state index is 12.9. The van der Waals surface area contributed by atoms with Gasteiger partial charge in [0.25, 0.3) is 5.88 Å². The Hall–Kier alpha value is -3.31. The van der Waals surface area contributed by atoms with E-state index in [0.717, 1.165) is 59.8 Å². The molecule has 0 aliphatic heterocycles. The molecule has 1 atom stereocenters. The highest BCUT2D eigenvalue weighted by Crippen LogP contribution is 2.21. The van der Waals surface area contributed by atoms with Gasteiger partial charge in [-0.3, -0.25) is 9.36 Å². The summed E-state index contributed by atoms with van der Waals surface area (Å²) in [5, 5.41) is 3.97. The van der Waals surface area contributed by atoms with E-state index in [1.165, 1.54) is 0 Å². The highest BCUT2D eigenvalue weighted by atomic mass is 19.4.